The molecule has 1 heterocycles. The Morgan fingerprint density at radius 3 is 2.92 bits per heavy atom. The van der Waals surface area contributed by atoms with Gasteiger partial charge in [0, 0.05) is 5.38 Å². The van der Waals surface area contributed by atoms with Gasteiger partial charge in [-0.25, -0.2) is 9.78 Å². The van der Waals surface area contributed by atoms with Gasteiger partial charge in [-0.3, -0.25) is 0 Å². The Kier molecular flexibility index (Phi) is 3.30. The van der Waals surface area contributed by atoms with Gasteiger partial charge in [-0.1, -0.05) is 0 Å². The average molecular weight is 262 g/mol. The molecule has 0 spiro atoms. The summed E-state index contributed by atoms with van der Waals surface area (Å²) >= 11 is 4.40. The van der Waals surface area contributed by atoms with E-state index in [2.05, 4.69) is 30.4 Å². The van der Waals surface area contributed by atoms with Gasteiger partial charge in [0.25, 0.3) is 0 Å². The van der Waals surface area contributed by atoms with Crippen molar-refractivity contribution in [2.45, 2.75) is 0 Å². The topological polar surface area (TPSA) is 75.6 Å². The molecule has 1 aromatic rings. The zero-order valence-electron chi connectivity index (χ0n) is 6.52. The van der Waals surface area contributed by atoms with Crippen LogP contribution < -0.4 is 0 Å². The fraction of sp³-hybridized carbons (Fsp3) is 0.167. The van der Waals surface area contributed by atoms with Crippen LogP contribution in [0.3, 0.4) is 0 Å². The lowest BCUT2D eigenvalue weighted by Gasteiger charge is -1.88. The van der Waals surface area contributed by atoms with Gasteiger partial charge in [0.15, 0.2) is 9.61 Å². The minimum absolute atomic E-state index is 0.204. The minimum Gasteiger partial charge on any atom is -0.460 e. The molecule has 0 saturated heterocycles. The lowest BCUT2D eigenvalue weighted by molar-refractivity contribution is -0.137. The molecule has 0 bridgehead atoms. The molecule has 0 fully saturated rings. The second-order valence-electron chi connectivity index (χ2n) is 1.93. The number of hydrogen-bond acceptors (Lipinski definition) is 4. The Balaban J connectivity index is 3.06. The van der Waals surface area contributed by atoms with Crippen molar-refractivity contribution in [3.8, 4) is 0 Å². The maximum Gasteiger partial charge on any atom is 0.425 e. The number of thiazole rings is 1. The van der Waals surface area contributed by atoms with Crippen LogP contribution in [0.4, 0.5) is 0 Å². The molecular formula is C6H4BrN3O2S. The number of hydrogen-bond donors (Lipinski definition) is 0. The summed E-state index contributed by atoms with van der Waals surface area (Å²) in [7, 11) is 1.20. The number of methoxy groups -OCH3 is 1. The lowest BCUT2D eigenvalue weighted by Crippen LogP contribution is -2.18. The minimum atomic E-state index is -0.722. The normalized spacial score (nSPS) is 9.08. The second-order valence-corrected chi connectivity index (χ2v) is 4.06. The molecule has 0 aromatic carbocycles. The van der Waals surface area contributed by atoms with Crippen molar-refractivity contribution in [3.05, 3.63) is 20.5 Å². The standard InChI is InChI=1S/C6H4BrN3O2S/c1-12-5(11)4(10-8)3-2-13-6(7)9-3/h2H,1H3. The predicted molar refractivity (Wildman–Crippen MR) is 49.6 cm³/mol. The zero-order chi connectivity index (χ0) is 9.84. The summed E-state index contributed by atoms with van der Waals surface area (Å²) in [6, 6.07) is 0. The molecule has 0 aliphatic carbocycles. The first-order chi connectivity index (χ1) is 6.19. The van der Waals surface area contributed by atoms with Crippen LogP contribution in [0.5, 0.6) is 0 Å². The third-order valence-corrected chi connectivity index (χ3v) is 2.56. The van der Waals surface area contributed by atoms with Crippen LogP contribution in [0.15, 0.2) is 9.30 Å². The zero-order valence-corrected chi connectivity index (χ0v) is 8.92. The van der Waals surface area contributed by atoms with Gasteiger partial charge in [0.05, 0.1) is 7.11 Å². The number of halogens is 1. The first kappa shape index (κ1) is 10.0. The van der Waals surface area contributed by atoms with Gasteiger partial charge in [-0.05, 0) is 15.9 Å². The van der Waals surface area contributed by atoms with Crippen LogP contribution in [0.1, 0.15) is 5.69 Å². The van der Waals surface area contributed by atoms with Gasteiger partial charge in [0.1, 0.15) is 0 Å². The molecule has 0 radical (unpaired) electrons. The molecule has 0 N–H and O–H groups in total. The number of rotatable bonds is 2. The van der Waals surface area contributed by atoms with Gasteiger partial charge in [-0.15, -0.1) is 11.3 Å². The summed E-state index contributed by atoms with van der Waals surface area (Å²) in [4.78, 5) is 17.7. The molecule has 7 heteroatoms. The summed E-state index contributed by atoms with van der Waals surface area (Å²) in [5.41, 5.74) is 8.61. The fourth-order valence-corrected chi connectivity index (χ4v) is 1.65. The number of nitrogens with zero attached hydrogens (tertiary/aromatic N) is 3. The number of aromatic nitrogens is 1. The molecule has 0 atom stereocenters. The van der Waals surface area contributed by atoms with Crippen molar-refractivity contribution in [2.75, 3.05) is 7.11 Å². The van der Waals surface area contributed by atoms with E-state index in [1.807, 2.05) is 0 Å². The van der Waals surface area contributed by atoms with Crippen LogP contribution >= 0.6 is 27.3 Å². The Morgan fingerprint density at radius 1 is 1.85 bits per heavy atom. The third kappa shape index (κ3) is 2.21. The number of carbonyl (C=O) groups is 1. The first-order valence-corrected chi connectivity index (χ1v) is 4.78. The van der Waals surface area contributed by atoms with E-state index in [1.54, 1.807) is 5.38 Å². The molecule has 0 saturated carbocycles. The molecule has 5 nitrogen and oxygen atoms in total. The van der Waals surface area contributed by atoms with E-state index in [0.717, 1.165) is 0 Å². The number of carbonyl (C=O) groups excluding carboxylic acids is 1. The van der Waals surface area contributed by atoms with Gasteiger partial charge in [0.2, 0.25) is 0 Å². The van der Waals surface area contributed by atoms with Crippen LogP contribution in [0.2, 0.25) is 0 Å². The van der Waals surface area contributed by atoms with E-state index in [1.165, 1.54) is 18.4 Å². The highest BCUT2D eigenvalue weighted by molar-refractivity contribution is 9.11. The first-order valence-electron chi connectivity index (χ1n) is 3.10. The summed E-state index contributed by atoms with van der Waals surface area (Å²) < 4.78 is 4.99. The van der Waals surface area contributed by atoms with E-state index in [4.69, 9.17) is 5.53 Å². The Bertz CT molecular complexity index is 383. The summed E-state index contributed by atoms with van der Waals surface area (Å²) in [6.45, 7) is 0. The van der Waals surface area contributed by atoms with Crippen molar-refractivity contribution in [3.63, 3.8) is 0 Å². The Hall–Kier alpha value is -1.04. The smallest absolute Gasteiger partial charge is 0.425 e. The summed E-state index contributed by atoms with van der Waals surface area (Å²) in [5.74, 6) is -0.722. The fourth-order valence-electron chi connectivity index (χ4n) is 0.654. The predicted octanol–water partition coefficient (Wildman–Crippen LogP) is 1.10. The van der Waals surface area contributed by atoms with Gasteiger partial charge in [-0.2, -0.15) is 4.79 Å². The highest BCUT2D eigenvalue weighted by Crippen LogP contribution is 2.16. The summed E-state index contributed by atoms with van der Waals surface area (Å²) in [6.07, 6.45) is 0. The largest absolute Gasteiger partial charge is 0.460 e. The van der Waals surface area contributed by atoms with Crippen LogP contribution in [0.25, 0.3) is 5.53 Å². The SMILES string of the molecule is COC(=O)C(=[N+]=[N-])c1csc(Br)n1. The van der Waals surface area contributed by atoms with Gasteiger partial charge >= 0.3 is 11.7 Å². The van der Waals surface area contributed by atoms with E-state index < -0.39 is 5.97 Å². The summed E-state index contributed by atoms with van der Waals surface area (Å²) in [5, 5.41) is 1.58. The molecule has 68 valence electrons. The number of ether oxygens (including phenoxy) is 1. The molecule has 1 aromatic heterocycles. The van der Waals surface area contributed by atoms with Crippen LogP contribution in [-0.2, 0) is 9.53 Å². The molecular weight excluding hydrogens is 258 g/mol. The average Bonchev–Trinajstić information content (AvgIpc) is 2.53. The molecule has 13 heavy (non-hydrogen) atoms. The Morgan fingerprint density at radius 2 is 2.54 bits per heavy atom. The van der Waals surface area contributed by atoms with Crippen molar-refractivity contribution < 1.29 is 14.3 Å². The third-order valence-electron chi connectivity index (χ3n) is 1.20. The molecule has 0 aliphatic heterocycles. The monoisotopic (exact) mass is 261 g/mol. The van der Waals surface area contributed by atoms with Crippen molar-refractivity contribution >= 4 is 38.9 Å². The van der Waals surface area contributed by atoms with Crippen molar-refractivity contribution in [1.82, 2.24) is 4.98 Å². The highest BCUT2D eigenvalue weighted by Gasteiger charge is 2.26. The van der Waals surface area contributed by atoms with Gasteiger partial charge < -0.3 is 10.3 Å². The van der Waals surface area contributed by atoms with Crippen molar-refractivity contribution in [2.24, 2.45) is 0 Å². The number of esters is 1. The van der Waals surface area contributed by atoms with E-state index in [-0.39, 0.29) is 11.4 Å². The molecule has 0 aliphatic rings. The Labute approximate surface area is 86.1 Å². The van der Waals surface area contributed by atoms with Crippen LogP contribution in [0, 0.1) is 0 Å². The molecule has 0 amide bonds. The van der Waals surface area contributed by atoms with E-state index in [9.17, 15) is 4.79 Å². The van der Waals surface area contributed by atoms with E-state index >= 15 is 0 Å². The maximum absolute atomic E-state index is 11.0. The maximum atomic E-state index is 11.0. The van der Waals surface area contributed by atoms with E-state index in [0.29, 0.717) is 3.92 Å². The highest BCUT2D eigenvalue weighted by atomic mass is 79.9. The quantitative estimate of drug-likeness (QED) is 0.346. The molecule has 0 unspecified atom stereocenters. The van der Waals surface area contributed by atoms with Crippen LogP contribution in [-0.4, -0.2) is 28.6 Å². The second kappa shape index (κ2) is 4.27. The molecule has 1 rings (SSSR count). The lowest BCUT2D eigenvalue weighted by atomic mass is 10.3. The van der Waals surface area contributed by atoms with Crippen molar-refractivity contribution in [1.29, 1.82) is 0 Å².